The van der Waals surface area contributed by atoms with Crippen molar-refractivity contribution in [1.29, 1.82) is 0 Å². The summed E-state index contributed by atoms with van der Waals surface area (Å²) >= 11 is 0. The Morgan fingerprint density at radius 3 is 1.05 bits per heavy atom. The van der Waals surface area contributed by atoms with Crippen LogP contribution >= 0.6 is 0 Å². The van der Waals surface area contributed by atoms with Crippen LogP contribution in [0.15, 0.2) is 72.9 Å². The van der Waals surface area contributed by atoms with E-state index in [1.165, 1.54) is 122 Å². The molecule has 0 N–H and O–H groups in total. The first-order chi connectivity index (χ1) is 31.0. The van der Waals surface area contributed by atoms with Crippen molar-refractivity contribution in [3.8, 4) is 0 Å². The fourth-order valence-electron chi connectivity index (χ4n) is 7.28. The van der Waals surface area contributed by atoms with Crippen LogP contribution in [0, 0.1) is 0 Å². The molecule has 6 heteroatoms. The molecule has 0 fully saturated rings. The number of unbranched alkanes of at least 4 members (excludes halogenated alkanes) is 28. The normalized spacial score (nSPS) is 12.6. The zero-order chi connectivity index (χ0) is 45.8. The van der Waals surface area contributed by atoms with Crippen LogP contribution in [0.5, 0.6) is 0 Å². The summed E-state index contributed by atoms with van der Waals surface area (Å²) in [6.07, 6.45) is 64.5. The zero-order valence-corrected chi connectivity index (χ0v) is 41.3. The molecular formula is C57H98O6. The van der Waals surface area contributed by atoms with E-state index in [0.717, 1.165) is 89.9 Å². The van der Waals surface area contributed by atoms with Crippen molar-refractivity contribution >= 4 is 17.9 Å². The summed E-state index contributed by atoms with van der Waals surface area (Å²) in [4.78, 5) is 38.0. The van der Waals surface area contributed by atoms with E-state index in [4.69, 9.17) is 14.2 Å². The van der Waals surface area contributed by atoms with E-state index in [0.29, 0.717) is 19.3 Å². The molecule has 0 radical (unpaired) electrons. The molecule has 63 heavy (non-hydrogen) atoms. The fraction of sp³-hybridized carbons (Fsp3) is 0.737. The van der Waals surface area contributed by atoms with E-state index in [9.17, 15) is 14.4 Å². The number of rotatable bonds is 47. The minimum atomic E-state index is -0.787. The van der Waals surface area contributed by atoms with E-state index < -0.39 is 6.10 Å². The molecule has 0 heterocycles. The number of ether oxygens (including phenoxy) is 3. The molecule has 0 aliphatic rings. The number of esters is 3. The fourth-order valence-corrected chi connectivity index (χ4v) is 7.28. The number of carbonyl (C=O) groups is 3. The summed E-state index contributed by atoms with van der Waals surface area (Å²) in [5.41, 5.74) is 0. The highest BCUT2D eigenvalue weighted by atomic mass is 16.6. The molecule has 1 atom stereocenters. The van der Waals surface area contributed by atoms with E-state index in [-0.39, 0.29) is 31.1 Å². The van der Waals surface area contributed by atoms with Crippen molar-refractivity contribution in [3.63, 3.8) is 0 Å². The molecule has 6 nitrogen and oxygen atoms in total. The van der Waals surface area contributed by atoms with Crippen LogP contribution in [0.1, 0.15) is 252 Å². The first kappa shape index (κ1) is 59.9. The van der Waals surface area contributed by atoms with Crippen LogP contribution in [-0.4, -0.2) is 37.2 Å². The lowest BCUT2D eigenvalue weighted by molar-refractivity contribution is -0.167. The first-order valence-corrected chi connectivity index (χ1v) is 26.5. The van der Waals surface area contributed by atoms with Gasteiger partial charge in [0.2, 0.25) is 0 Å². The lowest BCUT2D eigenvalue weighted by atomic mass is 10.0. The largest absolute Gasteiger partial charge is 0.462 e. The molecule has 0 aliphatic carbocycles. The van der Waals surface area contributed by atoms with E-state index >= 15 is 0 Å². The Labute approximate surface area is 389 Å². The predicted molar refractivity (Wildman–Crippen MR) is 270 cm³/mol. The van der Waals surface area contributed by atoms with Gasteiger partial charge in [-0.15, -0.1) is 0 Å². The zero-order valence-electron chi connectivity index (χ0n) is 41.3. The predicted octanol–water partition coefficient (Wildman–Crippen LogP) is 17.4. The molecular weight excluding hydrogens is 781 g/mol. The van der Waals surface area contributed by atoms with Crippen molar-refractivity contribution in [2.45, 2.75) is 258 Å². The maximum Gasteiger partial charge on any atom is 0.306 e. The van der Waals surface area contributed by atoms with Crippen LogP contribution < -0.4 is 0 Å². The second-order valence-electron chi connectivity index (χ2n) is 17.6. The molecule has 0 rings (SSSR count). The summed E-state index contributed by atoms with van der Waals surface area (Å²) in [5, 5.41) is 0. The Morgan fingerprint density at radius 1 is 0.317 bits per heavy atom. The van der Waals surface area contributed by atoms with Crippen LogP contribution in [0.4, 0.5) is 0 Å². The second-order valence-corrected chi connectivity index (χ2v) is 17.6. The summed E-state index contributed by atoms with van der Waals surface area (Å²) < 4.78 is 16.8. The van der Waals surface area contributed by atoms with Gasteiger partial charge in [0.05, 0.1) is 0 Å². The van der Waals surface area contributed by atoms with Gasteiger partial charge in [0.1, 0.15) is 13.2 Å². The SMILES string of the molecule is CCC\C=C/C=C\C=C/C=C\C=C/CCCCCCCC(=O)OCC(COC(=O)CCCCCCC/C=C\CCCC)OC(=O)CCCCCCCCCCCCCCCCCC. The molecule has 0 bridgehead atoms. The van der Waals surface area contributed by atoms with Gasteiger partial charge in [-0.2, -0.15) is 0 Å². The lowest BCUT2D eigenvalue weighted by Gasteiger charge is -2.18. The van der Waals surface area contributed by atoms with Gasteiger partial charge < -0.3 is 14.2 Å². The van der Waals surface area contributed by atoms with E-state index in [2.05, 4.69) is 69.4 Å². The molecule has 0 amide bonds. The molecule has 0 saturated carbocycles. The van der Waals surface area contributed by atoms with Gasteiger partial charge in [0.15, 0.2) is 6.10 Å². The minimum absolute atomic E-state index is 0.0868. The van der Waals surface area contributed by atoms with Gasteiger partial charge in [0, 0.05) is 19.3 Å². The second kappa shape index (κ2) is 51.5. The number of allylic oxidation sites excluding steroid dienone is 12. The van der Waals surface area contributed by atoms with E-state index in [1.807, 2.05) is 24.3 Å². The molecule has 0 aromatic carbocycles. The van der Waals surface area contributed by atoms with Crippen molar-refractivity contribution in [1.82, 2.24) is 0 Å². The Morgan fingerprint density at radius 2 is 0.635 bits per heavy atom. The van der Waals surface area contributed by atoms with Crippen molar-refractivity contribution in [2.75, 3.05) is 13.2 Å². The molecule has 0 spiro atoms. The topological polar surface area (TPSA) is 78.9 Å². The van der Waals surface area contributed by atoms with Gasteiger partial charge in [-0.25, -0.2) is 0 Å². The number of hydrogen-bond acceptors (Lipinski definition) is 6. The van der Waals surface area contributed by atoms with Crippen molar-refractivity contribution < 1.29 is 28.6 Å². The standard InChI is InChI=1S/C57H98O6/c1-4-7-10-13-16-19-22-24-26-28-29-31-32-35-38-41-44-47-50-56(59)62-53-54(52-61-55(58)49-46-43-40-37-34-21-18-15-12-9-6-3)63-57(60)51-48-45-42-39-36-33-30-27-25-23-20-17-14-11-8-5-2/h10,13,15-16,18-19,22,24,26,28-29,31,54H,4-9,11-12,14,17,20-21,23,25,27,30,32-53H2,1-3H3/b13-10-,18-15-,19-16-,24-22-,28-26-,31-29-. The van der Waals surface area contributed by atoms with Gasteiger partial charge in [0.25, 0.3) is 0 Å². The monoisotopic (exact) mass is 879 g/mol. The highest BCUT2D eigenvalue weighted by Crippen LogP contribution is 2.15. The maximum atomic E-state index is 12.8. The minimum Gasteiger partial charge on any atom is -0.462 e. The number of hydrogen-bond donors (Lipinski definition) is 0. The van der Waals surface area contributed by atoms with Crippen molar-refractivity contribution in [3.05, 3.63) is 72.9 Å². The third-order valence-electron chi connectivity index (χ3n) is 11.3. The van der Waals surface area contributed by atoms with Crippen LogP contribution in [0.3, 0.4) is 0 Å². The Balaban J connectivity index is 4.41. The smallest absolute Gasteiger partial charge is 0.306 e. The average Bonchev–Trinajstić information content (AvgIpc) is 3.28. The van der Waals surface area contributed by atoms with Gasteiger partial charge in [-0.3, -0.25) is 14.4 Å². The lowest BCUT2D eigenvalue weighted by Crippen LogP contribution is -2.30. The quantitative estimate of drug-likeness (QED) is 0.0199. The Kier molecular flexibility index (Phi) is 48.9. The van der Waals surface area contributed by atoms with Crippen molar-refractivity contribution in [2.24, 2.45) is 0 Å². The van der Waals surface area contributed by atoms with E-state index in [1.54, 1.807) is 0 Å². The van der Waals surface area contributed by atoms with Gasteiger partial charge in [-0.05, 0) is 57.8 Å². The maximum absolute atomic E-state index is 12.8. The average molecular weight is 879 g/mol. The van der Waals surface area contributed by atoms with Gasteiger partial charge in [-0.1, -0.05) is 248 Å². The molecule has 362 valence electrons. The molecule has 1 unspecified atom stereocenters. The third-order valence-corrected chi connectivity index (χ3v) is 11.3. The first-order valence-electron chi connectivity index (χ1n) is 26.5. The summed E-state index contributed by atoms with van der Waals surface area (Å²) in [7, 11) is 0. The number of carbonyl (C=O) groups excluding carboxylic acids is 3. The highest BCUT2D eigenvalue weighted by molar-refractivity contribution is 5.71. The summed E-state index contributed by atoms with van der Waals surface area (Å²) in [5.74, 6) is -0.916. The molecule has 0 aromatic rings. The highest BCUT2D eigenvalue weighted by Gasteiger charge is 2.19. The Bertz CT molecular complexity index is 1190. The molecule has 0 saturated heterocycles. The van der Waals surface area contributed by atoms with Gasteiger partial charge >= 0.3 is 17.9 Å². The van der Waals surface area contributed by atoms with Crippen LogP contribution in [-0.2, 0) is 28.6 Å². The summed E-state index contributed by atoms with van der Waals surface area (Å²) in [6.45, 7) is 6.49. The third kappa shape index (κ3) is 49.7. The van der Waals surface area contributed by atoms with Crippen LogP contribution in [0.2, 0.25) is 0 Å². The molecule has 0 aromatic heterocycles. The Hall–Kier alpha value is -3.15. The molecule has 0 aliphatic heterocycles. The summed E-state index contributed by atoms with van der Waals surface area (Å²) in [6, 6.07) is 0. The van der Waals surface area contributed by atoms with Crippen LogP contribution in [0.25, 0.3) is 0 Å².